The van der Waals surface area contributed by atoms with Crippen LogP contribution in [-0.2, 0) is 10.2 Å². The monoisotopic (exact) mass is 354 g/mol. The van der Waals surface area contributed by atoms with Gasteiger partial charge in [0.25, 0.3) is 10.2 Å². The molecule has 0 radical (unpaired) electrons. The van der Waals surface area contributed by atoms with Gasteiger partial charge in [-0.1, -0.05) is 44.2 Å². The molecule has 2 rings (SSSR count). The highest BCUT2D eigenvalue weighted by molar-refractivity contribution is 7.86. The second-order valence-electron chi connectivity index (χ2n) is 6.24. The van der Waals surface area contributed by atoms with E-state index in [1.54, 1.807) is 7.05 Å². The van der Waals surface area contributed by atoms with Gasteiger partial charge in [0, 0.05) is 38.8 Å². The van der Waals surface area contributed by atoms with Crippen molar-refractivity contribution in [1.82, 2.24) is 19.5 Å². The standard InChI is InChI=1S/C17H30N4O2S/c1-4-21(5-2)24(22,23)20(3)13-9-12-16-14-17(19-18-16)15-10-7-6-8-11-15/h6-8,10-11,16-19H,4-5,9,12-14H2,1-3H3. The summed E-state index contributed by atoms with van der Waals surface area (Å²) < 4.78 is 27.7. The van der Waals surface area contributed by atoms with Gasteiger partial charge in [0.05, 0.1) is 0 Å². The Kier molecular flexibility index (Phi) is 7.18. The molecule has 136 valence electrons. The predicted molar refractivity (Wildman–Crippen MR) is 97.6 cm³/mol. The SMILES string of the molecule is CCN(CC)S(=O)(=O)N(C)CCCC1CC(c2ccccc2)NN1. The summed E-state index contributed by atoms with van der Waals surface area (Å²) in [5, 5.41) is 0. The minimum absolute atomic E-state index is 0.327. The maximum Gasteiger partial charge on any atom is 0.281 e. The number of hydrogen-bond donors (Lipinski definition) is 2. The molecular formula is C17H30N4O2S. The first kappa shape index (κ1) is 19.3. The van der Waals surface area contributed by atoms with Crippen LogP contribution in [0, 0.1) is 0 Å². The minimum atomic E-state index is -3.32. The van der Waals surface area contributed by atoms with Gasteiger partial charge in [-0.15, -0.1) is 0 Å². The summed E-state index contributed by atoms with van der Waals surface area (Å²) in [4.78, 5) is 0. The van der Waals surface area contributed by atoms with Crippen LogP contribution in [0.15, 0.2) is 30.3 Å². The number of nitrogens with one attached hydrogen (secondary N) is 2. The Hall–Kier alpha value is -0.990. The quantitative estimate of drug-likeness (QED) is 0.711. The number of benzene rings is 1. The predicted octanol–water partition coefficient (Wildman–Crippen LogP) is 1.89. The van der Waals surface area contributed by atoms with E-state index in [2.05, 4.69) is 35.1 Å². The van der Waals surface area contributed by atoms with E-state index >= 15 is 0 Å². The molecule has 1 aromatic rings. The Morgan fingerprint density at radius 1 is 1.12 bits per heavy atom. The lowest BCUT2D eigenvalue weighted by atomic mass is 10.00. The fourth-order valence-corrected chi connectivity index (χ4v) is 4.54. The lowest BCUT2D eigenvalue weighted by molar-refractivity contribution is 0.367. The molecule has 7 heteroatoms. The van der Waals surface area contributed by atoms with E-state index in [0.717, 1.165) is 19.3 Å². The van der Waals surface area contributed by atoms with Gasteiger partial charge in [-0.25, -0.2) is 0 Å². The van der Waals surface area contributed by atoms with Gasteiger partial charge >= 0.3 is 0 Å². The summed E-state index contributed by atoms with van der Waals surface area (Å²) in [5.74, 6) is 0. The van der Waals surface area contributed by atoms with Crippen LogP contribution < -0.4 is 10.9 Å². The Morgan fingerprint density at radius 3 is 2.42 bits per heavy atom. The third-order valence-corrected chi connectivity index (χ3v) is 6.77. The van der Waals surface area contributed by atoms with E-state index in [1.807, 2.05) is 19.9 Å². The number of nitrogens with zero attached hydrogens (tertiary/aromatic N) is 2. The molecule has 24 heavy (non-hydrogen) atoms. The summed E-state index contributed by atoms with van der Waals surface area (Å²) in [6.45, 7) is 5.30. The van der Waals surface area contributed by atoms with Crippen molar-refractivity contribution in [3.63, 3.8) is 0 Å². The first-order valence-corrected chi connectivity index (χ1v) is 10.2. The van der Waals surface area contributed by atoms with E-state index in [0.29, 0.717) is 31.7 Å². The maximum atomic E-state index is 12.4. The average molecular weight is 355 g/mol. The van der Waals surface area contributed by atoms with Gasteiger partial charge in [0.15, 0.2) is 0 Å². The van der Waals surface area contributed by atoms with Crippen LogP contribution >= 0.6 is 0 Å². The molecule has 1 aromatic carbocycles. The van der Waals surface area contributed by atoms with E-state index in [9.17, 15) is 8.42 Å². The van der Waals surface area contributed by atoms with Gasteiger partial charge in [-0.05, 0) is 24.8 Å². The normalized spacial score (nSPS) is 21.7. The lowest BCUT2D eigenvalue weighted by Gasteiger charge is -2.25. The molecule has 1 saturated heterocycles. The van der Waals surface area contributed by atoms with Crippen molar-refractivity contribution in [3.8, 4) is 0 Å². The van der Waals surface area contributed by atoms with Crippen LogP contribution in [-0.4, -0.2) is 49.8 Å². The Bertz CT molecular complexity index is 590. The molecule has 0 saturated carbocycles. The fraction of sp³-hybridized carbons (Fsp3) is 0.647. The molecular weight excluding hydrogens is 324 g/mol. The largest absolute Gasteiger partial charge is 0.281 e. The van der Waals surface area contributed by atoms with Gasteiger partial charge < -0.3 is 0 Å². The molecule has 2 N–H and O–H groups in total. The molecule has 1 heterocycles. The molecule has 0 aliphatic carbocycles. The second-order valence-corrected chi connectivity index (χ2v) is 8.28. The van der Waals surface area contributed by atoms with Crippen LogP contribution in [0.4, 0.5) is 0 Å². The Balaban J connectivity index is 1.77. The first-order chi connectivity index (χ1) is 11.5. The zero-order chi connectivity index (χ0) is 17.6. The molecule has 0 spiro atoms. The highest BCUT2D eigenvalue weighted by atomic mass is 32.2. The minimum Gasteiger partial charge on any atom is -0.254 e. The fourth-order valence-electron chi connectivity index (χ4n) is 3.14. The number of hydrogen-bond acceptors (Lipinski definition) is 4. The molecule has 1 aliphatic rings. The van der Waals surface area contributed by atoms with Crippen molar-refractivity contribution in [2.24, 2.45) is 0 Å². The van der Waals surface area contributed by atoms with E-state index in [1.165, 1.54) is 14.2 Å². The van der Waals surface area contributed by atoms with Crippen molar-refractivity contribution < 1.29 is 8.42 Å². The lowest BCUT2D eigenvalue weighted by Crippen LogP contribution is -2.42. The molecule has 0 amide bonds. The molecule has 6 nitrogen and oxygen atoms in total. The first-order valence-electron chi connectivity index (χ1n) is 8.76. The van der Waals surface area contributed by atoms with Gasteiger partial charge in [0.1, 0.15) is 0 Å². The summed E-state index contributed by atoms with van der Waals surface area (Å²) >= 11 is 0. The topological polar surface area (TPSA) is 64.7 Å². The molecule has 0 bridgehead atoms. The highest BCUT2D eigenvalue weighted by Gasteiger charge is 2.26. The summed E-state index contributed by atoms with van der Waals surface area (Å²) in [5.41, 5.74) is 7.96. The van der Waals surface area contributed by atoms with E-state index < -0.39 is 10.2 Å². The maximum absolute atomic E-state index is 12.4. The third-order valence-electron chi connectivity index (χ3n) is 4.64. The van der Waals surface area contributed by atoms with Crippen LogP contribution in [0.5, 0.6) is 0 Å². The zero-order valence-electron chi connectivity index (χ0n) is 14.9. The van der Waals surface area contributed by atoms with Crippen LogP contribution in [0.2, 0.25) is 0 Å². The number of rotatable bonds is 9. The van der Waals surface area contributed by atoms with Gasteiger partial charge in [-0.3, -0.25) is 10.9 Å². The van der Waals surface area contributed by atoms with Gasteiger partial charge in [-0.2, -0.15) is 17.0 Å². The summed E-state index contributed by atoms with van der Waals surface area (Å²) in [6.07, 6.45) is 2.82. The van der Waals surface area contributed by atoms with Crippen LogP contribution in [0.25, 0.3) is 0 Å². The van der Waals surface area contributed by atoms with Gasteiger partial charge in [0.2, 0.25) is 0 Å². The second kappa shape index (κ2) is 8.92. The van der Waals surface area contributed by atoms with Crippen molar-refractivity contribution in [3.05, 3.63) is 35.9 Å². The zero-order valence-corrected chi connectivity index (χ0v) is 15.7. The Labute approximate surface area is 146 Å². The summed E-state index contributed by atoms with van der Waals surface area (Å²) in [7, 11) is -1.65. The highest BCUT2D eigenvalue weighted by Crippen LogP contribution is 2.23. The van der Waals surface area contributed by atoms with Crippen molar-refractivity contribution in [2.45, 2.75) is 45.2 Å². The van der Waals surface area contributed by atoms with Crippen LogP contribution in [0.3, 0.4) is 0 Å². The molecule has 1 fully saturated rings. The summed E-state index contributed by atoms with van der Waals surface area (Å²) in [6, 6.07) is 11.1. The average Bonchev–Trinajstić information content (AvgIpc) is 3.05. The molecule has 2 unspecified atom stereocenters. The molecule has 2 atom stereocenters. The third kappa shape index (κ3) is 4.77. The Morgan fingerprint density at radius 2 is 1.79 bits per heavy atom. The molecule has 1 aliphatic heterocycles. The smallest absolute Gasteiger partial charge is 0.254 e. The van der Waals surface area contributed by atoms with Crippen molar-refractivity contribution >= 4 is 10.2 Å². The van der Waals surface area contributed by atoms with Crippen molar-refractivity contribution in [1.29, 1.82) is 0 Å². The number of hydrazine groups is 1. The molecule has 0 aromatic heterocycles. The van der Waals surface area contributed by atoms with Crippen LogP contribution in [0.1, 0.15) is 44.7 Å². The van der Waals surface area contributed by atoms with E-state index in [4.69, 9.17) is 0 Å². The van der Waals surface area contributed by atoms with E-state index in [-0.39, 0.29) is 0 Å². The van der Waals surface area contributed by atoms with Crippen molar-refractivity contribution in [2.75, 3.05) is 26.7 Å².